The fourth-order valence-corrected chi connectivity index (χ4v) is 3.93. The molecular formula is C24H27N3O3. The molecule has 0 saturated carbocycles. The summed E-state index contributed by atoms with van der Waals surface area (Å²) in [5, 5.41) is 13.5. The van der Waals surface area contributed by atoms with Crippen molar-refractivity contribution >= 4 is 22.5 Å². The largest absolute Gasteiger partial charge is 0.393 e. The first kappa shape index (κ1) is 20.3. The average Bonchev–Trinajstić information content (AvgIpc) is 2.74. The number of nitrogens with zero attached hydrogens (tertiary/aromatic N) is 1. The number of fused-ring (bicyclic) bond motifs is 1. The lowest BCUT2D eigenvalue weighted by Gasteiger charge is -2.29. The van der Waals surface area contributed by atoms with Gasteiger partial charge in [-0.15, -0.1) is 0 Å². The van der Waals surface area contributed by atoms with Gasteiger partial charge in [-0.25, -0.2) is 0 Å². The molecule has 0 aliphatic carbocycles. The third-order valence-electron chi connectivity index (χ3n) is 5.63. The molecule has 6 nitrogen and oxygen atoms in total. The number of aliphatic hydroxyl groups is 1. The quantitative estimate of drug-likeness (QED) is 0.588. The lowest BCUT2D eigenvalue weighted by molar-refractivity contribution is -0.116. The molecule has 3 N–H and O–H groups in total. The van der Waals surface area contributed by atoms with Crippen LogP contribution in [0.15, 0.2) is 59.4 Å². The molecule has 1 amide bonds. The molecule has 156 valence electrons. The third-order valence-corrected chi connectivity index (χ3v) is 5.63. The molecule has 1 aliphatic rings. The van der Waals surface area contributed by atoms with Gasteiger partial charge in [0.1, 0.15) is 0 Å². The normalized spacial score (nSPS) is 15.4. The van der Waals surface area contributed by atoms with Crippen LogP contribution in [0, 0.1) is 0 Å². The molecule has 0 atom stereocenters. The first-order chi connectivity index (χ1) is 14.6. The summed E-state index contributed by atoms with van der Waals surface area (Å²) >= 11 is 0. The summed E-state index contributed by atoms with van der Waals surface area (Å²) in [6.07, 6.45) is 2.08. The average molecular weight is 405 g/mol. The number of rotatable bonds is 6. The SMILES string of the molecule is O=C(CCc1cc2ccccc2[nH]c1=O)Nc1cccc(CN2CCC(O)CC2)c1. The number of likely N-dealkylation sites (tertiary alicyclic amines) is 1. The van der Waals surface area contributed by atoms with E-state index in [-0.39, 0.29) is 24.0 Å². The fraction of sp³-hybridized carbons (Fsp3) is 0.333. The first-order valence-corrected chi connectivity index (χ1v) is 10.5. The Morgan fingerprint density at radius 2 is 1.90 bits per heavy atom. The van der Waals surface area contributed by atoms with E-state index in [0.29, 0.717) is 12.0 Å². The summed E-state index contributed by atoms with van der Waals surface area (Å²) in [6, 6.07) is 17.3. The number of hydrogen-bond donors (Lipinski definition) is 3. The van der Waals surface area contributed by atoms with Gasteiger partial charge in [-0.05, 0) is 54.5 Å². The molecule has 0 unspecified atom stereocenters. The van der Waals surface area contributed by atoms with Crippen molar-refractivity contribution in [1.29, 1.82) is 0 Å². The smallest absolute Gasteiger partial charge is 0.251 e. The van der Waals surface area contributed by atoms with E-state index < -0.39 is 0 Å². The number of carbonyl (C=O) groups is 1. The topological polar surface area (TPSA) is 85.4 Å². The van der Waals surface area contributed by atoms with E-state index >= 15 is 0 Å². The van der Waals surface area contributed by atoms with Gasteiger partial charge in [0.25, 0.3) is 5.56 Å². The molecular weight excluding hydrogens is 378 g/mol. The molecule has 0 bridgehead atoms. The highest BCUT2D eigenvalue weighted by Crippen LogP contribution is 2.17. The highest BCUT2D eigenvalue weighted by Gasteiger charge is 2.17. The Bertz CT molecular complexity index is 1080. The predicted molar refractivity (Wildman–Crippen MR) is 118 cm³/mol. The van der Waals surface area contributed by atoms with E-state index in [4.69, 9.17) is 0 Å². The molecule has 0 radical (unpaired) electrons. The summed E-state index contributed by atoms with van der Waals surface area (Å²) < 4.78 is 0. The Hall–Kier alpha value is -2.96. The molecule has 2 aromatic carbocycles. The van der Waals surface area contributed by atoms with Gasteiger partial charge < -0.3 is 15.4 Å². The monoisotopic (exact) mass is 405 g/mol. The zero-order valence-electron chi connectivity index (χ0n) is 16.9. The molecule has 4 rings (SSSR count). The summed E-state index contributed by atoms with van der Waals surface area (Å²) in [5.41, 5.74) is 3.17. The highest BCUT2D eigenvalue weighted by atomic mass is 16.3. The van der Waals surface area contributed by atoms with Crippen molar-refractivity contribution in [2.45, 2.75) is 38.3 Å². The number of amides is 1. The lowest BCUT2D eigenvalue weighted by Crippen LogP contribution is -2.35. The van der Waals surface area contributed by atoms with Crippen LogP contribution in [0.3, 0.4) is 0 Å². The van der Waals surface area contributed by atoms with Crippen molar-refractivity contribution in [1.82, 2.24) is 9.88 Å². The van der Waals surface area contributed by atoms with Gasteiger partial charge in [0.05, 0.1) is 6.10 Å². The van der Waals surface area contributed by atoms with E-state index in [1.165, 1.54) is 0 Å². The Balaban J connectivity index is 1.34. The zero-order chi connectivity index (χ0) is 20.9. The number of carbonyl (C=O) groups excluding carboxylic acids is 1. The fourth-order valence-electron chi connectivity index (χ4n) is 3.93. The van der Waals surface area contributed by atoms with Crippen molar-refractivity contribution in [3.05, 3.63) is 76.1 Å². The van der Waals surface area contributed by atoms with Crippen molar-refractivity contribution in [3.63, 3.8) is 0 Å². The van der Waals surface area contributed by atoms with Crippen molar-refractivity contribution in [2.24, 2.45) is 0 Å². The molecule has 1 fully saturated rings. The van der Waals surface area contributed by atoms with Crippen LogP contribution in [-0.4, -0.2) is 40.1 Å². The number of pyridine rings is 1. The van der Waals surface area contributed by atoms with Gasteiger partial charge in [-0.2, -0.15) is 0 Å². The molecule has 0 spiro atoms. The van der Waals surface area contributed by atoms with E-state index in [1.807, 2.05) is 48.5 Å². The van der Waals surface area contributed by atoms with Crippen LogP contribution >= 0.6 is 0 Å². The maximum atomic E-state index is 12.4. The summed E-state index contributed by atoms with van der Waals surface area (Å²) in [5.74, 6) is -0.110. The predicted octanol–water partition coefficient (Wildman–Crippen LogP) is 3.06. The maximum absolute atomic E-state index is 12.4. The van der Waals surface area contributed by atoms with Crippen LogP contribution in [0.4, 0.5) is 5.69 Å². The second-order valence-corrected chi connectivity index (χ2v) is 7.97. The lowest BCUT2D eigenvalue weighted by atomic mass is 10.1. The highest BCUT2D eigenvalue weighted by molar-refractivity contribution is 5.91. The molecule has 1 aliphatic heterocycles. The van der Waals surface area contributed by atoms with Gasteiger partial charge in [0.15, 0.2) is 0 Å². The van der Waals surface area contributed by atoms with Gasteiger partial charge in [-0.1, -0.05) is 30.3 Å². The number of anilines is 1. The van der Waals surface area contributed by atoms with E-state index in [2.05, 4.69) is 21.3 Å². The second kappa shape index (κ2) is 9.24. The molecule has 6 heteroatoms. The number of aryl methyl sites for hydroxylation is 1. The summed E-state index contributed by atoms with van der Waals surface area (Å²) in [4.78, 5) is 29.9. The Morgan fingerprint density at radius 1 is 1.10 bits per heavy atom. The van der Waals surface area contributed by atoms with Gasteiger partial charge in [0.2, 0.25) is 5.91 Å². The number of H-pyrrole nitrogens is 1. The van der Waals surface area contributed by atoms with Crippen LogP contribution in [0.1, 0.15) is 30.4 Å². The molecule has 1 saturated heterocycles. The molecule has 30 heavy (non-hydrogen) atoms. The summed E-state index contributed by atoms with van der Waals surface area (Å²) in [7, 11) is 0. The number of aromatic nitrogens is 1. The number of para-hydroxylation sites is 1. The maximum Gasteiger partial charge on any atom is 0.251 e. The van der Waals surface area contributed by atoms with Gasteiger partial charge in [0, 0.05) is 42.8 Å². The minimum atomic E-state index is -0.179. The number of aliphatic hydroxyl groups excluding tert-OH is 1. The van der Waals surface area contributed by atoms with Crippen LogP contribution in [0.2, 0.25) is 0 Å². The van der Waals surface area contributed by atoms with E-state index in [9.17, 15) is 14.7 Å². The van der Waals surface area contributed by atoms with Crippen LogP contribution in [0.25, 0.3) is 10.9 Å². The van der Waals surface area contributed by atoms with Gasteiger partial charge in [-0.3, -0.25) is 14.5 Å². The van der Waals surface area contributed by atoms with E-state index in [0.717, 1.165) is 54.6 Å². The van der Waals surface area contributed by atoms with Crippen molar-refractivity contribution in [3.8, 4) is 0 Å². The summed E-state index contributed by atoms with van der Waals surface area (Å²) in [6.45, 7) is 2.58. The van der Waals surface area contributed by atoms with Crippen LogP contribution < -0.4 is 10.9 Å². The molecule has 1 aromatic heterocycles. The zero-order valence-corrected chi connectivity index (χ0v) is 16.9. The first-order valence-electron chi connectivity index (χ1n) is 10.5. The van der Waals surface area contributed by atoms with Crippen molar-refractivity contribution in [2.75, 3.05) is 18.4 Å². The third kappa shape index (κ3) is 5.14. The number of aromatic amines is 1. The number of hydrogen-bond acceptors (Lipinski definition) is 4. The van der Waals surface area contributed by atoms with Crippen molar-refractivity contribution < 1.29 is 9.90 Å². The number of piperidine rings is 1. The Kier molecular flexibility index (Phi) is 6.26. The Labute approximate surface area is 175 Å². The van der Waals surface area contributed by atoms with E-state index in [1.54, 1.807) is 0 Å². The minimum absolute atomic E-state index is 0.110. The van der Waals surface area contributed by atoms with Crippen LogP contribution in [-0.2, 0) is 17.8 Å². The standard InChI is InChI=1S/C24H27N3O3/c28-21-10-12-27(13-11-21)16-17-4-3-6-20(14-17)25-23(29)9-8-19-15-18-5-1-2-7-22(18)26-24(19)30/h1-7,14-15,21,28H,8-13,16H2,(H,25,29)(H,26,30). The molecule has 2 heterocycles. The number of nitrogens with one attached hydrogen (secondary N) is 2. The van der Waals surface area contributed by atoms with Gasteiger partial charge >= 0.3 is 0 Å². The van der Waals surface area contributed by atoms with Crippen LogP contribution in [0.5, 0.6) is 0 Å². The minimum Gasteiger partial charge on any atom is -0.393 e. The number of benzene rings is 2. The Morgan fingerprint density at radius 3 is 2.73 bits per heavy atom. The molecule has 3 aromatic rings. The second-order valence-electron chi connectivity index (χ2n) is 7.97.